The maximum Gasteiger partial charge on any atom is 0.453 e. The number of hydrogen-bond donors (Lipinski definition) is 1. The van der Waals surface area contributed by atoms with Crippen LogP contribution >= 0.6 is 8.24 Å². The van der Waals surface area contributed by atoms with Crippen molar-refractivity contribution < 1.29 is 18.0 Å². The molecule has 1 aromatic heterocycles. The molecule has 0 fully saturated rings. The standard InChI is InChI=1S/C38H45O4P/c1-21-13-25(5)33(39)27(15-21)28-16-22(2)14-26(6)34(28)40-43-41-35-29(17-23(3)19-31(35)37(7,8)9)30-18-24(4)20-32(36(30)42-43)38(10,11)12/h13-20,39H,1-12H3. The molecule has 0 radical (unpaired) electrons. The van der Waals surface area contributed by atoms with E-state index in [0.717, 1.165) is 66.4 Å². The lowest BCUT2D eigenvalue weighted by atomic mass is 9.83. The van der Waals surface area contributed by atoms with E-state index in [1.807, 2.05) is 32.9 Å². The molecule has 0 atom stereocenters. The first-order valence-corrected chi connectivity index (χ1v) is 16.1. The van der Waals surface area contributed by atoms with Crippen molar-refractivity contribution in [2.45, 2.75) is 93.9 Å². The molecule has 1 N–H and O–H groups in total. The molecule has 43 heavy (non-hydrogen) atoms. The molecule has 0 saturated heterocycles. The second-order valence-corrected chi connectivity index (χ2v) is 15.3. The molecule has 5 rings (SSSR count). The predicted octanol–water partition coefficient (Wildman–Crippen LogP) is 12.0. The Balaban J connectivity index is 1.93. The van der Waals surface area contributed by atoms with Gasteiger partial charge in [0.1, 0.15) is 22.7 Å². The summed E-state index contributed by atoms with van der Waals surface area (Å²) < 4.78 is 20.6. The average Bonchev–Trinajstić information content (AvgIpc) is 3.02. The molecule has 0 saturated carbocycles. The number of rotatable bonds is 3. The summed E-state index contributed by atoms with van der Waals surface area (Å²) in [5, 5.41) is 13.2. The predicted molar refractivity (Wildman–Crippen MR) is 182 cm³/mol. The third-order valence-corrected chi connectivity index (χ3v) is 9.02. The van der Waals surface area contributed by atoms with Gasteiger partial charge >= 0.3 is 8.24 Å². The number of phenols is 1. The Morgan fingerprint density at radius 2 is 0.977 bits per heavy atom. The fraction of sp³-hybridized carbons (Fsp3) is 0.368. The van der Waals surface area contributed by atoms with Crippen molar-refractivity contribution in [2.24, 2.45) is 0 Å². The first-order chi connectivity index (χ1) is 19.9. The summed E-state index contributed by atoms with van der Waals surface area (Å²) in [5.74, 6) is 0.901. The highest BCUT2D eigenvalue weighted by Crippen LogP contribution is 2.48. The Bertz CT molecular complexity index is 1850. The average molecular weight is 597 g/mol. The maximum atomic E-state index is 11.2. The van der Waals surface area contributed by atoms with Crippen LogP contribution in [0.15, 0.2) is 56.9 Å². The van der Waals surface area contributed by atoms with Crippen LogP contribution in [-0.2, 0) is 10.8 Å². The van der Waals surface area contributed by atoms with E-state index >= 15 is 0 Å². The van der Waals surface area contributed by atoms with Crippen LogP contribution in [0, 0.1) is 41.5 Å². The van der Waals surface area contributed by atoms with E-state index in [9.17, 15) is 5.11 Å². The molecular weight excluding hydrogens is 551 g/mol. The van der Waals surface area contributed by atoms with Gasteiger partial charge in [0.25, 0.3) is 0 Å². The fourth-order valence-electron chi connectivity index (χ4n) is 5.98. The molecule has 4 aromatic carbocycles. The topological polar surface area (TPSA) is 55.7 Å². The van der Waals surface area contributed by atoms with Crippen molar-refractivity contribution in [3.63, 3.8) is 0 Å². The van der Waals surface area contributed by atoms with Crippen LogP contribution in [0.1, 0.15) is 86.1 Å². The summed E-state index contributed by atoms with van der Waals surface area (Å²) in [7, 11) is -1.93. The number of benzene rings is 4. The van der Waals surface area contributed by atoms with Gasteiger partial charge in [0.05, 0.1) is 0 Å². The zero-order chi connectivity index (χ0) is 31.6. The first-order valence-electron chi connectivity index (χ1n) is 15.0. The zero-order valence-corrected chi connectivity index (χ0v) is 28.6. The Labute approximate surface area is 257 Å². The summed E-state index contributed by atoms with van der Waals surface area (Å²) >= 11 is 0. The van der Waals surface area contributed by atoms with Gasteiger partial charge in [-0.15, -0.1) is 0 Å². The summed E-state index contributed by atoms with van der Waals surface area (Å²) in [6.45, 7) is 25.6. The first kappa shape index (κ1) is 30.8. The molecule has 0 aliphatic rings. The highest BCUT2D eigenvalue weighted by molar-refractivity contribution is 7.32. The Hall–Kier alpha value is -3.62. The van der Waals surface area contributed by atoms with Gasteiger partial charge < -0.3 is 18.0 Å². The summed E-state index contributed by atoms with van der Waals surface area (Å²) in [5.41, 5.74) is 11.3. The van der Waals surface area contributed by atoms with Crippen LogP contribution in [0.3, 0.4) is 0 Å². The van der Waals surface area contributed by atoms with Crippen LogP contribution in [0.5, 0.6) is 11.5 Å². The van der Waals surface area contributed by atoms with Gasteiger partial charge in [0, 0.05) is 33.0 Å². The molecule has 1 heterocycles. The van der Waals surface area contributed by atoms with E-state index in [0.29, 0.717) is 5.75 Å². The molecule has 0 aliphatic carbocycles. The third-order valence-electron chi connectivity index (χ3n) is 8.02. The monoisotopic (exact) mass is 596 g/mol. The molecule has 0 amide bonds. The molecule has 0 bridgehead atoms. The lowest BCUT2D eigenvalue weighted by molar-refractivity contribution is 0.471. The van der Waals surface area contributed by atoms with Crippen molar-refractivity contribution in [2.75, 3.05) is 0 Å². The van der Waals surface area contributed by atoms with E-state index in [4.69, 9.17) is 12.9 Å². The highest BCUT2D eigenvalue weighted by atomic mass is 31.1. The molecule has 5 aromatic rings. The van der Waals surface area contributed by atoms with Crippen LogP contribution in [0.25, 0.3) is 33.1 Å². The number of fused-ring (bicyclic) bond motifs is 3. The second-order valence-electron chi connectivity index (χ2n) is 14.3. The van der Waals surface area contributed by atoms with E-state index in [-0.39, 0.29) is 16.6 Å². The molecule has 0 spiro atoms. The van der Waals surface area contributed by atoms with Crippen LogP contribution in [0.4, 0.5) is 0 Å². The van der Waals surface area contributed by atoms with Gasteiger partial charge in [-0.3, -0.25) is 0 Å². The summed E-state index contributed by atoms with van der Waals surface area (Å²) in [4.78, 5) is 0. The lowest BCUT2D eigenvalue weighted by Crippen LogP contribution is -2.12. The highest BCUT2D eigenvalue weighted by Gasteiger charge is 2.26. The summed E-state index contributed by atoms with van der Waals surface area (Å²) in [6.07, 6.45) is 0. The number of aryl methyl sites for hydroxylation is 6. The smallest absolute Gasteiger partial charge is 0.453 e. The minimum absolute atomic E-state index is 0.173. The number of aromatic hydroxyl groups is 1. The van der Waals surface area contributed by atoms with Gasteiger partial charge in [-0.2, -0.15) is 0 Å². The van der Waals surface area contributed by atoms with Crippen molar-refractivity contribution in [1.82, 2.24) is 0 Å². The van der Waals surface area contributed by atoms with E-state index < -0.39 is 8.24 Å². The molecular formula is C38H45O4P. The van der Waals surface area contributed by atoms with Crippen molar-refractivity contribution in [1.29, 1.82) is 0 Å². The number of hydrogen-bond acceptors (Lipinski definition) is 4. The van der Waals surface area contributed by atoms with Crippen molar-refractivity contribution >= 4 is 30.2 Å². The minimum atomic E-state index is -1.93. The van der Waals surface area contributed by atoms with E-state index in [1.165, 1.54) is 11.1 Å². The maximum absolute atomic E-state index is 11.2. The molecule has 0 aliphatic heterocycles. The molecule has 4 nitrogen and oxygen atoms in total. The lowest BCUT2D eigenvalue weighted by Gasteiger charge is -2.21. The van der Waals surface area contributed by atoms with Gasteiger partial charge in [-0.25, -0.2) is 0 Å². The van der Waals surface area contributed by atoms with Gasteiger partial charge in [0.2, 0.25) is 0 Å². The molecule has 0 unspecified atom stereocenters. The Morgan fingerprint density at radius 3 is 1.44 bits per heavy atom. The van der Waals surface area contributed by atoms with Gasteiger partial charge in [-0.1, -0.05) is 65.8 Å². The third kappa shape index (κ3) is 5.95. The van der Waals surface area contributed by atoms with Crippen LogP contribution < -0.4 is 4.52 Å². The van der Waals surface area contributed by atoms with Crippen LogP contribution in [0.2, 0.25) is 0 Å². The normalized spacial score (nSPS) is 12.3. The zero-order valence-electron chi connectivity index (χ0n) is 27.7. The summed E-state index contributed by atoms with van der Waals surface area (Å²) in [6, 6.07) is 17.0. The fourth-order valence-corrected chi connectivity index (χ4v) is 7.17. The largest absolute Gasteiger partial charge is 0.507 e. The minimum Gasteiger partial charge on any atom is -0.507 e. The molecule has 5 heteroatoms. The molecule has 226 valence electrons. The SMILES string of the molecule is Cc1cc(C)c(O)c(-c2cc(C)cc(C)c2Op2oc3c(C(C)(C)C)cc(C)cc3c3cc(C)cc(C(C)(C)C)c3o2)c1. The van der Waals surface area contributed by atoms with Crippen LogP contribution in [-0.4, -0.2) is 5.11 Å². The van der Waals surface area contributed by atoms with Gasteiger partial charge in [-0.05, 0) is 110 Å². The second kappa shape index (κ2) is 10.8. The van der Waals surface area contributed by atoms with Gasteiger partial charge in [0.15, 0.2) is 0 Å². The van der Waals surface area contributed by atoms with E-state index in [1.54, 1.807) is 0 Å². The van der Waals surface area contributed by atoms with E-state index in [2.05, 4.69) is 98.7 Å². The number of phenolic OH excluding ortho intramolecular Hbond substituents is 1. The Morgan fingerprint density at radius 1 is 0.558 bits per heavy atom. The quantitative estimate of drug-likeness (QED) is 0.225. The van der Waals surface area contributed by atoms with Crippen molar-refractivity contribution in [3.8, 4) is 22.6 Å². The van der Waals surface area contributed by atoms with Crippen molar-refractivity contribution in [3.05, 3.63) is 93.0 Å². The Kier molecular flexibility index (Phi) is 7.76.